The van der Waals surface area contributed by atoms with Crippen molar-refractivity contribution in [3.8, 4) is 11.6 Å². The summed E-state index contributed by atoms with van der Waals surface area (Å²) in [6.07, 6.45) is -3.10. The van der Waals surface area contributed by atoms with Crippen LogP contribution in [0.15, 0.2) is 48.7 Å². The van der Waals surface area contributed by atoms with E-state index in [9.17, 15) is 28.2 Å². The topological polar surface area (TPSA) is 95.8 Å². The Morgan fingerprint density at radius 2 is 1.79 bits per heavy atom. The minimum absolute atomic E-state index is 0.0177. The Bertz CT molecular complexity index is 1130. The smallest absolute Gasteiger partial charge is 0.417 e. The molecule has 2 aromatic heterocycles. The van der Waals surface area contributed by atoms with Crippen molar-refractivity contribution in [2.75, 3.05) is 26.3 Å². The van der Waals surface area contributed by atoms with Crippen molar-refractivity contribution in [2.45, 2.75) is 12.6 Å². The van der Waals surface area contributed by atoms with Crippen molar-refractivity contribution >= 4 is 16.8 Å². The molecule has 0 spiro atoms. The summed E-state index contributed by atoms with van der Waals surface area (Å²) in [4.78, 5) is 22.7. The fourth-order valence-electron chi connectivity index (χ4n) is 3.93. The number of likely N-dealkylation sites (tertiary alicyclic amines) is 1. The van der Waals surface area contributed by atoms with Crippen LogP contribution in [0.2, 0.25) is 0 Å². The molecular weight excluding hydrogens is 439 g/mol. The summed E-state index contributed by atoms with van der Waals surface area (Å²) >= 11 is 0. The molecule has 4 rings (SSSR count). The highest BCUT2D eigenvalue weighted by Gasteiger charge is 2.31. The number of fused-ring (bicyclic) bond motifs is 1. The van der Waals surface area contributed by atoms with Gasteiger partial charge in [0.25, 0.3) is 5.91 Å². The Morgan fingerprint density at radius 3 is 2.39 bits per heavy atom. The minimum atomic E-state index is -4.47. The molecule has 2 unspecified atom stereocenters. The molecule has 7 nitrogen and oxygen atoms in total. The van der Waals surface area contributed by atoms with Gasteiger partial charge >= 0.3 is 6.18 Å². The average Bonchev–Trinajstić information content (AvgIpc) is 2.82. The number of carbonyl (C=O) groups excluding carboxylic acids is 1. The zero-order valence-electron chi connectivity index (χ0n) is 17.5. The van der Waals surface area contributed by atoms with E-state index in [1.807, 2.05) is 0 Å². The summed E-state index contributed by atoms with van der Waals surface area (Å²) in [5, 5.41) is 19.7. The Balaban J connectivity index is 1.50. The first-order valence-corrected chi connectivity index (χ1v) is 10.4. The molecule has 1 saturated heterocycles. The molecule has 3 heterocycles. The lowest BCUT2D eigenvalue weighted by Gasteiger charge is -2.36. The number of benzene rings is 1. The van der Waals surface area contributed by atoms with Crippen LogP contribution < -0.4 is 4.74 Å². The van der Waals surface area contributed by atoms with Crippen LogP contribution in [-0.2, 0) is 6.18 Å². The number of ether oxygens (including phenoxy) is 1. The second-order valence-electron chi connectivity index (χ2n) is 8.08. The number of halogens is 3. The highest BCUT2D eigenvalue weighted by molar-refractivity contribution is 5.95. The quantitative estimate of drug-likeness (QED) is 0.604. The number of rotatable bonds is 5. The van der Waals surface area contributed by atoms with Crippen LogP contribution in [-0.4, -0.2) is 57.3 Å². The van der Waals surface area contributed by atoms with Crippen LogP contribution in [0, 0.1) is 11.8 Å². The molecule has 1 aromatic carbocycles. The highest BCUT2D eigenvalue weighted by atomic mass is 19.4. The Hall–Kier alpha value is -3.24. The largest absolute Gasteiger partial charge is 0.439 e. The molecule has 1 aliphatic rings. The number of amides is 1. The molecule has 0 radical (unpaired) electrons. The van der Waals surface area contributed by atoms with E-state index in [1.165, 1.54) is 0 Å². The lowest BCUT2D eigenvalue weighted by atomic mass is 9.90. The maximum absolute atomic E-state index is 13.0. The first kappa shape index (κ1) is 22.9. The summed E-state index contributed by atoms with van der Waals surface area (Å²) in [7, 11) is 0. The third-order valence-electron chi connectivity index (χ3n) is 5.59. The minimum Gasteiger partial charge on any atom is -0.439 e. The molecule has 3 aromatic rings. The molecular formula is C23H22F3N3O4. The van der Waals surface area contributed by atoms with Crippen molar-refractivity contribution < 1.29 is 32.9 Å². The maximum atomic E-state index is 13.0. The van der Waals surface area contributed by atoms with E-state index in [-0.39, 0.29) is 42.5 Å². The third-order valence-corrected chi connectivity index (χ3v) is 5.59. The predicted octanol–water partition coefficient (Wildman–Crippen LogP) is 3.50. The van der Waals surface area contributed by atoms with Crippen LogP contribution in [0.5, 0.6) is 11.6 Å². The summed E-state index contributed by atoms with van der Waals surface area (Å²) in [5.41, 5.74) is -0.0714. The van der Waals surface area contributed by atoms with Gasteiger partial charge in [0.2, 0.25) is 5.88 Å². The van der Waals surface area contributed by atoms with Gasteiger partial charge in [-0.15, -0.1) is 0 Å². The van der Waals surface area contributed by atoms with E-state index >= 15 is 0 Å². The SMILES string of the molecule is O=C(c1ccc2cc(Oc3ccc(C(F)(F)F)cn3)ccc2n1)N1CC(CO)CC(CO)C1. The van der Waals surface area contributed by atoms with Crippen molar-refractivity contribution in [3.05, 3.63) is 59.9 Å². The van der Waals surface area contributed by atoms with E-state index in [0.29, 0.717) is 42.4 Å². The number of aliphatic hydroxyl groups excluding tert-OH is 2. The first-order chi connectivity index (χ1) is 15.8. The van der Waals surface area contributed by atoms with Gasteiger partial charge in [-0.3, -0.25) is 4.79 Å². The number of nitrogens with zero attached hydrogens (tertiary/aromatic N) is 3. The second-order valence-corrected chi connectivity index (χ2v) is 8.08. The summed E-state index contributed by atoms with van der Waals surface area (Å²) < 4.78 is 43.5. The summed E-state index contributed by atoms with van der Waals surface area (Å²) in [6.45, 7) is 0.695. The Labute approximate surface area is 187 Å². The highest BCUT2D eigenvalue weighted by Crippen LogP contribution is 2.31. The van der Waals surface area contributed by atoms with E-state index in [4.69, 9.17) is 4.74 Å². The van der Waals surface area contributed by atoms with Gasteiger partial charge in [0.15, 0.2) is 0 Å². The second kappa shape index (κ2) is 9.32. The van der Waals surface area contributed by atoms with Crippen molar-refractivity contribution in [1.82, 2.24) is 14.9 Å². The maximum Gasteiger partial charge on any atom is 0.417 e. The van der Waals surface area contributed by atoms with E-state index in [2.05, 4.69) is 9.97 Å². The number of aliphatic hydroxyl groups is 2. The molecule has 33 heavy (non-hydrogen) atoms. The standard InChI is InChI=1S/C23H22F3N3O4/c24-23(25,26)17-2-6-21(27-9-17)33-18-3-5-19-16(8-18)1-4-20(28-19)22(32)29-10-14(12-30)7-15(11-29)13-31/h1-6,8-9,14-15,30-31H,7,10-13H2. The van der Waals surface area contributed by atoms with Crippen LogP contribution in [0.4, 0.5) is 13.2 Å². The number of pyridine rings is 2. The molecule has 0 saturated carbocycles. The van der Waals surface area contributed by atoms with Crippen LogP contribution in [0.25, 0.3) is 10.9 Å². The predicted molar refractivity (Wildman–Crippen MR) is 113 cm³/mol. The van der Waals surface area contributed by atoms with Gasteiger partial charge in [-0.1, -0.05) is 6.07 Å². The first-order valence-electron chi connectivity index (χ1n) is 10.4. The number of aromatic nitrogens is 2. The summed E-state index contributed by atoms with van der Waals surface area (Å²) in [6, 6.07) is 10.2. The van der Waals surface area contributed by atoms with Crippen molar-refractivity contribution in [3.63, 3.8) is 0 Å². The van der Waals surface area contributed by atoms with E-state index < -0.39 is 11.7 Å². The third kappa shape index (κ3) is 5.23. The molecule has 0 bridgehead atoms. The van der Waals surface area contributed by atoms with E-state index in [1.54, 1.807) is 35.2 Å². The molecule has 1 amide bonds. The number of alkyl halides is 3. The van der Waals surface area contributed by atoms with Gasteiger partial charge < -0.3 is 19.8 Å². The number of hydrogen-bond acceptors (Lipinski definition) is 6. The molecule has 1 fully saturated rings. The molecule has 0 aliphatic carbocycles. The molecule has 174 valence electrons. The van der Waals surface area contributed by atoms with Crippen LogP contribution >= 0.6 is 0 Å². The lowest BCUT2D eigenvalue weighted by Crippen LogP contribution is -2.46. The Morgan fingerprint density at radius 1 is 1.06 bits per heavy atom. The van der Waals surface area contributed by atoms with Gasteiger partial charge in [-0.05, 0) is 36.8 Å². The monoisotopic (exact) mass is 461 g/mol. The number of piperidine rings is 1. The van der Waals surface area contributed by atoms with Gasteiger partial charge in [-0.25, -0.2) is 9.97 Å². The fourth-order valence-corrected chi connectivity index (χ4v) is 3.93. The lowest BCUT2D eigenvalue weighted by molar-refractivity contribution is -0.137. The zero-order valence-corrected chi connectivity index (χ0v) is 17.5. The molecule has 2 N–H and O–H groups in total. The fraction of sp³-hybridized carbons (Fsp3) is 0.348. The zero-order chi connectivity index (χ0) is 23.6. The number of carbonyl (C=O) groups is 1. The van der Waals surface area contributed by atoms with Gasteiger partial charge in [0, 0.05) is 55.8 Å². The molecule has 10 heteroatoms. The van der Waals surface area contributed by atoms with E-state index in [0.717, 1.165) is 12.1 Å². The normalized spacial score (nSPS) is 19.0. The van der Waals surface area contributed by atoms with Gasteiger partial charge in [0.05, 0.1) is 11.1 Å². The van der Waals surface area contributed by atoms with Crippen molar-refractivity contribution in [1.29, 1.82) is 0 Å². The average molecular weight is 461 g/mol. The summed E-state index contributed by atoms with van der Waals surface area (Å²) in [5.74, 6) is -0.0623. The van der Waals surface area contributed by atoms with Gasteiger partial charge in [-0.2, -0.15) is 13.2 Å². The number of hydrogen-bond donors (Lipinski definition) is 2. The molecule has 1 aliphatic heterocycles. The Kier molecular flexibility index (Phi) is 6.48. The van der Waals surface area contributed by atoms with Crippen LogP contribution in [0.1, 0.15) is 22.5 Å². The molecule has 2 atom stereocenters. The van der Waals surface area contributed by atoms with Crippen LogP contribution in [0.3, 0.4) is 0 Å². The van der Waals surface area contributed by atoms with Crippen molar-refractivity contribution in [2.24, 2.45) is 11.8 Å². The van der Waals surface area contributed by atoms with Gasteiger partial charge in [0.1, 0.15) is 11.4 Å².